The first-order valence-corrected chi connectivity index (χ1v) is 6.90. The molecule has 5 heteroatoms. The van der Waals surface area contributed by atoms with Gasteiger partial charge < -0.3 is 14.8 Å². The van der Waals surface area contributed by atoms with E-state index in [-0.39, 0.29) is 6.04 Å². The van der Waals surface area contributed by atoms with Gasteiger partial charge in [-0.2, -0.15) is 0 Å². The van der Waals surface area contributed by atoms with Gasteiger partial charge in [-0.05, 0) is 19.8 Å². The summed E-state index contributed by atoms with van der Waals surface area (Å²) >= 11 is 0. The minimum absolute atomic E-state index is 0.158. The Hall–Kier alpha value is 0.110. The van der Waals surface area contributed by atoms with Crippen LogP contribution in [0.15, 0.2) is 0 Å². The molecule has 0 radical (unpaired) electrons. The largest absolute Gasteiger partial charge is 0.332 e. The number of nitrogens with two attached hydrogens (primary N) is 1. The van der Waals surface area contributed by atoms with Crippen LogP contribution in [0.25, 0.3) is 0 Å². The second-order valence-corrected chi connectivity index (χ2v) is 5.54. The van der Waals surface area contributed by atoms with Crippen molar-refractivity contribution >= 4 is 7.60 Å². The predicted octanol–water partition coefficient (Wildman–Crippen LogP) is 2.38. The van der Waals surface area contributed by atoms with Gasteiger partial charge >= 0.3 is 7.60 Å². The minimum Gasteiger partial charge on any atom is -0.327 e. The summed E-state index contributed by atoms with van der Waals surface area (Å²) in [6, 6.07) is -0.158. The van der Waals surface area contributed by atoms with Crippen LogP contribution in [0.3, 0.4) is 0 Å². The molecular formula is C9H22NO3P. The third-order valence-corrected chi connectivity index (χ3v) is 3.67. The summed E-state index contributed by atoms with van der Waals surface area (Å²) in [7, 11) is -2.93. The zero-order chi connectivity index (χ0) is 11.0. The molecular weight excluding hydrogens is 201 g/mol. The summed E-state index contributed by atoms with van der Waals surface area (Å²) in [4.78, 5) is 0. The first kappa shape index (κ1) is 14.1. The van der Waals surface area contributed by atoms with E-state index in [9.17, 15) is 4.57 Å². The molecule has 0 heterocycles. The normalized spacial score (nSPS) is 14.3. The molecule has 0 amide bonds. The zero-order valence-electron chi connectivity index (χ0n) is 9.36. The van der Waals surface area contributed by atoms with Crippen molar-refractivity contribution in [2.45, 2.75) is 39.7 Å². The van der Waals surface area contributed by atoms with Crippen LogP contribution in [0.4, 0.5) is 0 Å². The molecule has 0 aromatic heterocycles. The lowest BCUT2D eigenvalue weighted by Gasteiger charge is -2.19. The highest BCUT2D eigenvalue weighted by atomic mass is 31.2. The van der Waals surface area contributed by atoms with Crippen LogP contribution in [-0.4, -0.2) is 25.4 Å². The van der Waals surface area contributed by atoms with Crippen LogP contribution in [0.1, 0.15) is 33.6 Å². The van der Waals surface area contributed by atoms with Crippen molar-refractivity contribution in [1.82, 2.24) is 0 Å². The van der Waals surface area contributed by atoms with E-state index in [1.807, 2.05) is 13.8 Å². The SMILES string of the molecule is CCCOP(=O)(C[C@H](C)N)OCCC. The fraction of sp³-hybridized carbons (Fsp3) is 1.00. The Morgan fingerprint density at radius 3 is 1.93 bits per heavy atom. The smallest absolute Gasteiger partial charge is 0.327 e. The maximum Gasteiger partial charge on any atom is 0.332 e. The molecule has 1 atom stereocenters. The average molecular weight is 223 g/mol. The lowest BCUT2D eigenvalue weighted by Crippen LogP contribution is -2.21. The second kappa shape index (κ2) is 7.41. The first-order chi connectivity index (χ1) is 6.54. The van der Waals surface area contributed by atoms with Crippen LogP contribution in [-0.2, 0) is 13.6 Å². The van der Waals surface area contributed by atoms with Gasteiger partial charge in [0.25, 0.3) is 0 Å². The summed E-state index contributed by atoms with van der Waals surface area (Å²) in [6.45, 7) is 6.67. The highest BCUT2D eigenvalue weighted by molar-refractivity contribution is 7.53. The number of hydrogen-bond acceptors (Lipinski definition) is 4. The van der Waals surface area contributed by atoms with Gasteiger partial charge in [-0.25, -0.2) is 0 Å². The fourth-order valence-corrected chi connectivity index (χ4v) is 2.87. The topological polar surface area (TPSA) is 61.5 Å². The van der Waals surface area contributed by atoms with Gasteiger partial charge in [-0.1, -0.05) is 13.8 Å². The van der Waals surface area contributed by atoms with Crippen molar-refractivity contribution in [3.8, 4) is 0 Å². The number of rotatable bonds is 8. The molecule has 0 aliphatic rings. The first-order valence-electron chi connectivity index (χ1n) is 5.17. The molecule has 0 unspecified atom stereocenters. The van der Waals surface area contributed by atoms with Crippen LogP contribution < -0.4 is 5.73 Å². The Morgan fingerprint density at radius 2 is 1.64 bits per heavy atom. The molecule has 0 saturated carbocycles. The Morgan fingerprint density at radius 1 is 1.21 bits per heavy atom. The summed E-state index contributed by atoms with van der Waals surface area (Å²) in [6.07, 6.45) is 1.96. The zero-order valence-corrected chi connectivity index (χ0v) is 10.3. The minimum atomic E-state index is -2.93. The third-order valence-electron chi connectivity index (χ3n) is 1.50. The van der Waals surface area contributed by atoms with Crippen LogP contribution in [0, 0.1) is 0 Å². The van der Waals surface area contributed by atoms with Crippen LogP contribution >= 0.6 is 7.60 Å². The fourth-order valence-electron chi connectivity index (χ4n) is 0.956. The van der Waals surface area contributed by atoms with Gasteiger partial charge in [0.2, 0.25) is 0 Å². The molecule has 2 N–H and O–H groups in total. The van der Waals surface area contributed by atoms with Crippen molar-refractivity contribution in [2.75, 3.05) is 19.4 Å². The van der Waals surface area contributed by atoms with Gasteiger partial charge in [0.1, 0.15) is 0 Å². The lowest BCUT2D eigenvalue weighted by molar-refractivity contribution is 0.203. The van der Waals surface area contributed by atoms with Crippen molar-refractivity contribution in [2.24, 2.45) is 5.73 Å². The molecule has 0 bridgehead atoms. The van der Waals surface area contributed by atoms with Crippen LogP contribution in [0.2, 0.25) is 0 Å². The second-order valence-electron chi connectivity index (χ2n) is 3.44. The van der Waals surface area contributed by atoms with Gasteiger partial charge in [0, 0.05) is 6.04 Å². The molecule has 0 aliphatic heterocycles. The van der Waals surface area contributed by atoms with Crippen molar-refractivity contribution in [3.05, 3.63) is 0 Å². The molecule has 14 heavy (non-hydrogen) atoms. The Balaban J connectivity index is 4.11. The van der Waals surface area contributed by atoms with Gasteiger partial charge in [0.05, 0.1) is 19.4 Å². The molecule has 86 valence electrons. The summed E-state index contributed by atoms with van der Waals surface area (Å²) in [5, 5.41) is 0. The van der Waals surface area contributed by atoms with E-state index in [1.54, 1.807) is 6.92 Å². The molecule has 0 aliphatic carbocycles. The number of hydrogen-bond donors (Lipinski definition) is 1. The van der Waals surface area contributed by atoms with E-state index < -0.39 is 7.60 Å². The Kier molecular flexibility index (Phi) is 7.47. The Labute approximate surface area is 86.7 Å². The summed E-state index contributed by atoms with van der Waals surface area (Å²) in [5.41, 5.74) is 5.59. The highest BCUT2D eigenvalue weighted by Gasteiger charge is 2.25. The molecule has 0 rings (SSSR count). The van der Waals surface area contributed by atoms with E-state index >= 15 is 0 Å². The predicted molar refractivity (Wildman–Crippen MR) is 58.6 cm³/mol. The van der Waals surface area contributed by atoms with Crippen molar-refractivity contribution < 1.29 is 13.6 Å². The quantitative estimate of drug-likeness (QED) is 0.642. The maximum atomic E-state index is 12.0. The molecule has 0 aromatic rings. The van der Waals surface area contributed by atoms with Gasteiger partial charge in [-0.3, -0.25) is 4.57 Å². The molecule has 0 aromatic carbocycles. The summed E-state index contributed by atoms with van der Waals surface area (Å²) in [5.74, 6) is 0. The van der Waals surface area contributed by atoms with Gasteiger partial charge in [0.15, 0.2) is 0 Å². The lowest BCUT2D eigenvalue weighted by atomic mass is 10.4. The summed E-state index contributed by atoms with van der Waals surface area (Å²) < 4.78 is 22.5. The maximum absolute atomic E-state index is 12.0. The van der Waals surface area contributed by atoms with Crippen LogP contribution in [0.5, 0.6) is 0 Å². The van der Waals surface area contributed by atoms with Crippen molar-refractivity contribution in [3.63, 3.8) is 0 Å². The standard InChI is InChI=1S/C9H22NO3P/c1-4-6-12-14(11,8-9(3)10)13-7-5-2/h9H,4-8,10H2,1-3H3/t9-/m0/s1. The monoisotopic (exact) mass is 223 g/mol. The van der Waals surface area contributed by atoms with E-state index in [1.165, 1.54) is 0 Å². The molecule has 0 fully saturated rings. The van der Waals surface area contributed by atoms with E-state index in [4.69, 9.17) is 14.8 Å². The third kappa shape index (κ3) is 6.55. The molecule has 0 saturated heterocycles. The highest BCUT2D eigenvalue weighted by Crippen LogP contribution is 2.48. The average Bonchev–Trinajstić information content (AvgIpc) is 2.11. The Bertz CT molecular complexity index is 173. The molecule has 0 spiro atoms. The van der Waals surface area contributed by atoms with E-state index in [0.29, 0.717) is 19.4 Å². The molecule has 4 nitrogen and oxygen atoms in total. The van der Waals surface area contributed by atoms with Gasteiger partial charge in [-0.15, -0.1) is 0 Å². The van der Waals surface area contributed by atoms with Crippen molar-refractivity contribution in [1.29, 1.82) is 0 Å². The van der Waals surface area contributed by atoms with E-state index in [2.05, 4.69) is 0 Å². The van der Waals surface area contributed by atoms with E-state index in [0.717, 1.165) is 12.8 Å².